The highest BCUT2D eigenvalue weighted by Gasteiger charge is 2.25. The van der Waals surface area contributed by atoms with Crippen LogP contribution < -0.4 is 5.01 Å². The normalized spacial score (nSPS) is 18.2. The molecule has 3 rings (SSSR count). The minimum absolute atomic E-state index is 0.182. The third-order valence-corrected chi connectivity index (χ3v) is 3.85. The second-order valence-corrected chi connectivity index (χ2v) is 5.29. The lowest BCUT2D eigenvalue weighted by atomic mass is 10.00. The van der Waals surface area contributed by atoms with Gasteiger partial charge in [-0.05, 0) is 37.0 Å². The molecule has 1 aliphatic rings. The summed E-state index contributed by atoms with van der Waals surface area (Å²) in [6.07, 6.45) is 2.62. The van der Waals surface area contributed by atoms with E-state index >= 15 is 0 Å². The van der Waals surface area contributed by atoms with Crippen molar-refractivity contribution in [2.24, 2.45) is 5.10 Å². The van der Waals surface area contributed by atoms with E-state index in [0.29, 0.717) is 0 Å². The molecule has 0 N–H and O–H groups in total. The predicted molar refractivity (Wildman–Crippen MR) is 85.7 cm³/mol. The molecular weight excluding hydrogens is 260 g/mol. The molecule has 21 heavy (non-hydrogen) atoms. The number of nitrogens with zero attached hydrogens (tertiary/aromatic N) is 2. The van der Waals surface area contributed by atoms with E-state index in [9.17, 15) is 4.79 Å². The summed E-state index contributed by atoms with van der Waals surface area (Å²) >= 11 is 0. The van der Waals surface area contributed by atoms with E-state index in [1.165, 1.54) is 0 Å². The van der Waals surface area contributed by atoms with Crippen molar-refractivity contribution in [2.75, 3.05) is 5.01 Å². The number of rotatable bonds is 3. The van der Waals surface area contributed by atoms with Gasteiger partial charge in [0, 0.05) is 0 Å². The Kier molecular flexibility index (Phi) is 3.82. The number of anilines is 1. The average Bonchev–Trinajstić information content (AvgIpc) is 2.55. The molecule has 3 heteroatoms. The number of para-hydroxylation sites is 1. The highest BCUT2D eigenvalue weighted by molar-refractivity contribution is 6.02. The van der Waals surface area contributed by atoms with Crippen LogP contribution in [0.3, 0.4) is 0 Å². The second kappa shape index (κ2) is 5.92. The zero-order valence-corrected chi connectivity index (χ0v) is 12.1. The first-order valence-corrected chi connectivity index (χ1v) is 7.22. The van der Waals surface area contributed by atoms with E-state index in [1.54, 1.807) is 0 Å². The van der Waals surface area contributed by atoms with E-state index in [4.69, 9.17) is 5.10 Å². The van der Waals surface area contributed by atoms with Crippen molar-refractivity contribution in [3.8, 4) is 0 Å². The van der Waals surface area contributed by atoms with Gasteiger partial charge >= 0.3 is 0 Å². The summed E-state index contributed by atoms with van der Waals surface area (Å²) in [4.78, 5) is 11.4. The van der Waals surface area contributed by atoms with Crippen molar-refractivity contribution in [1.82, 2.24) is 0 Å². The molecule has 1 heterocycles. The molecule has 0 aromatic heterocycles. The topological polar surface area (TPSA) is 32.7 Å². The second-order valence-electron chi connectivity index (χ2n) is 5.29. The van der Waals surface area contributed by atoms with Gasteiger partial charge in [0.05, 0.1) is 11.4 Å². The minimum Gasteiger partial charge on any atom is -0.301 e. The number of carbonyl (C=O) groups is 1. The molecule has 3 nitrogen and oxygen atoms in total. The van der Waals surface area contributed by atoms with Gasteiger partial charge in [0.15, 0.2) is 0 Å². The lowest BCUT2D eigenvalue weighted by Gasteiger charge is -2.31. The van der Waals surface area contributed by atoms with Crippen LogP contribution in [0.25, 0.3) is 0 Å². The first-order chi connectivity index (χ1) is 10.3. The maximum absolute atomic E-state index is 11.4. The molecule has 1 aliphatic heterocycles. The van der Waals surface area contributed by atoms with E-state index in [-0.39, 0.29) is 6.04 Å². The summed E-state index contributed by atoms with van der Waals surface area (Å²) in [6.45, 7) is 2.05. The number of hydrazone groups is 1. The standard InChI is InChI=1S/C18H18N2O/c1-14-7-5-6-10-18(14)20-16(13-21)11-12-17(19-20)15-8-3-2-4-9-15/h2-10,13,16H,11-12H2,1H3. The maximum Gasteiger partial charge on any atom is 0.144 e. The van der Waals surface area contributed by atoms with Gasteiger partial charge in [-0.2, -0.15) is 5.10 Å². The fraction of sp³-hybridized carbons (Fsp3) is 0.222. The lowest BCUT2D eigenvalue weighted by molar-refractivity contribution is -0.109. The number of hydrogen-bond donors (Lipinski definition) is 0. The Balaban J connectivity index is 2.03. The Morgan fingerprint density at radius 3 is 2.52 bits per heavy atom. The summed E-state index contributed by atoms with van der Waals surface area (Å²) in [6, 6.07) is 18.0. The van der Waals surface area contributed by atoms with Crippen LogP contribution in [0.4, 0.5) is 5.69 Å². The third kappa shape index (κ3) is 2.72. The van der Waals surface area contributed by atoms with Crippen LogP contribution in [-0.4, -0.2) is 18.0 Å². The molecular formula is C18H18N2O. The zero-order chi connectivity index (χ0) is 14.7. The van der Waals surface area contributed by atoms with E-state index in [0.717, 1.165) is 41.7 Å². The van der Waals surface area contributed by atoms with Crippen LogP contribution in [0.15, 0.2) is 59.7 Å². The molecule has 0 fully saturated rings. The molecule has 1 atom stereocenters. The van der Waals surface area contributed by atoms with Gasteiger partial charge in [-0.25, -0.2) is 0 Å². The molecule has 0 amide bonds. The van der Waals surface area contributed by atoms with Crippen LogP contribution in [0.1, 0.15) is 24.0 Å². The summed E-state index contributed by atoms with van der Waals surface area (Å²) in [7, 11) is 0. The Bertz CT molecular complexity index is 664. The van der Waals surface area contributed by atoms with E-state index in [2.05, 4.69) is 12.1 Å². The molecule has 0 bridgehead atoms. The molecule has 106 valence electrons. The van der Waals surface area contributed by atoms with Crippen molar-refractivity contribution < 1.29 is 4.79 Å². The number of carbonyl (C=O) groups excluding carboxylic acids is 1. The average molecular weight is 278 g/mol. The summed E-state index contributed by atoms with van der Waals surface area (Å²) < 4.78 is 0. The first-order valence-electron chi connectivity index (χ1n) is 7.22. The van der Waals surface area contributed by atoms with Crippen LogP contribution in [0.2, 0.25) is 0 Å². The molecule has 2 aromatic carbocycles. The van der Waals surface area contributed by atoms with Crippen molar-refractivity contribution in [2.45, 2.75) is 25.8 Å². The van der Waals surface area contributed by atoms with Crippen molar-refractivity contribution >= 4 is 17.7 Å². The quantitative estimate of drug-likeness (QED) is 0.804. The van der Waals surface area contributed by atoms with Gasteiger partial charge in [0.2, 0.25) is 0 Å². The van der Waals surface area contributed by atoms with E-state index in [1.807, 2.05) is 54.4 Å². The monoisotopic (exact) mass is 278 g/mol. The summed E-state index contributed by atoms with van der Waals surface area (Å²) in [5.74, 6) is 0. The smallest absolute Gasteiger partial charge is 0.144 e. The van der Waals surface area contributed by atoms with Gasteiger partial charge in [-0.3, -0.25) is 5.01 Å². The molecule has 1 unspecified atom stereocenters. The zero-order valence-electron chi connectivity index (χ0n) is 12.1. The highest BCUT2D eigenvalue weighted by Crippen LogP contribution is 2.27. The van der Waals surface area contributed by atoms with Crippen LogP contribution in [0.5, 0.6) is 0 Å². The van der Waals surface area contributed by atoms with Crippen LogP contribution in [0, 0.1) is 6.92 Å². The van der Waals surface area contributed by atoms with Crippen molar-refractivity contribution in [3.05, 3.63) is 65.7 Å². The lowest BCUT2D eigenvalue weighted by Crippen LogP contribution is -2.37. The summed E-state index contributed by atoms with van der Waals surface area (Å²) in [5, 5.41) is 6.62. The Labute approximate surface area is 124 Å². The minimum atomic E-state index is -0.182. The largest absolute Gasteiger partial charge is 0.301 e. The highest BCUT2D eigenvalue weighted by atomic mass is 16.1. The molecule has 0 spiro atoms. The fourth-order valence-electron chi connectivity index (χ4n) is 2.67. The number of aryl methyl sites for hydroxylation is 1. The van der Waals surface area contributed by atoms with Gasteiger partial charge in [0.1, 0.15) is 12.3 Å². The Morgan fingerprint density at radius 1 is 1.10 bits per heavy atom. The number of benzene rings is 2. The molecule has 0 radical (unpaired) electrons. The SMILES string of the molecule is Cc1ccccc1N1N=C(c2ccccc2)CCC1C=O. The molecule has 2 aromatic rings. The van der Waals surface area contributed by atoms with Crippen LogP contribution in [-0.2, 0) is 4.79 Å². The molecule has 0 saturated carbocycles. The molecule has 0 saturated heterocycles. The number of hydrogen-bond acceptors (Lipinski definition) is 3. The van der Waals surface area contributed by atoms with Gasteiger partial charge in [-0.1, -0.05) is 48.5 Å². The fourth-order valence-corrected chi connectivity index (χ4v) is 2.67. The van der Waals surface area contributed by atoms with Crippen molar-refractivity contribution in [3.63, 3.8) is 0 Å². The van der Waals surface area contributed by atoms with Gasteiger partial charge in [0.25, 0.3) is 0 Å². The van der Waals surface area contributed by atoms with Crippen LogP contribution >= 0.6 is 0 Å². The van der Waals surface area contributed by atoms with E-state index < -0.39 is 0 Å². The van der Waals surface area contributed by atoms with Gasteiger partial charge < -0.3 is 4.79 Å². The predicted octanol–water partition coefficient (Wildman–Crippen LogP) is 3.57. The Morgan fingerprint density at radius 2 is 1.81 bits per heavy atom. The first kappa shape index (κ1) is 13.6. The summed E-state index contributed by atoms with van der Waals surface area (Å²) in [5.41, 5.74) is 4.29. The third-order valence-electron chi connectivity index (χ3n) is 3.85. The Hall–Kier alpha value is -2.42. The maximum atomic E-state index is 11.4. The van der Waals surface area contributed by atoms with Crippen molar-refractivity contribution in [1.29, 1.82) is 0 Å². The number of aldehydes is 1. The van der Waals surface area contributed by atoms with Gasteiger partial charge in [-0.15, -0.1) is 0 Å². The molecule has 0 aliphatic carbocycles.